The van der Waals surface area contributed by atoms with Crippen LogP contribution in [0, 0.1) is 32.1 Å². The topological polar surface area (TPSA) is 30.3 Å². The number of hydrogen-bond donors (Lipinski definition) is 0. The summed E-state index contributed by atoms with van der Waals surface area (Å²) < 4.78 is 0. The molecule has 0 bridgehead atoms. The number of benzene rings is 1. The molecule has 0 unspecified atom stereocenters. The van der Waals surface area contributed by atoms with Crippen LogP contribution in [0.2, 0.25) is 0 Å². The molecule has 2 rings (SSSR count). The van der Waals surface area contributed by atoms with Crippen molar-refractivity contribution in [1.82, 2.24) is 4.90 Å². The van der Waals surface area contributed by atoms with Crippen molar-refractivity contribution in [2.45, 2.75) is 33.9 Å². The molecule has 0 N–H and O–H groups in total. The van der Waals surface area contributed by atoms with Crippen molar-refractivity contribution >= 4 is 5.69 Å². The van der Waals surface area contributed by atoms with Gasteiger partial charge >= 0.3 is 0 Å². The molecule has 1 aromatic carbocycles. The van der Waals surface area contributed by atoms with Crippen molar-refractivity contribution < 1.29 is 0 Å². The van der Waals surface area contributed by atoms with Gasteiger partial charge in [0.2, 0.25) is 0 Å². The van der Waals surface area contributed by atoms with Crippen molar-refractivity contribution in [3.63, 3.8) is 0 Å². The second-order valence-corrected chi connectivity index (χ2v) is 5.02. The lowest BCUT2D eigenvalue weighted by molar-refractivity contribution is 0.367. The molecule has 1 atom stereocenters. The fraction of sp³-hybridized carbons (Fsp3) is 0.400. The van der Waals surface area contributed by atoms with Gasteiger partial charge in [-0.15, -0.1) is 0 Å². The highest BCUT2D eigenvalue weighted by atomic mass is 15.4. The number of nitrogens with zero attached hydrogens (tertiary/aromatic N) is 3. The maximum absolute atomic E-state index is 9.11. The van der Waals surface area contributed by atoms with Gasteiger partial charge < -0.3 is 9.80 Å². The second-order valence-electron chi connectivity index (χ2n) is 5.02. The number of allylic oxidation sites excluding steroid dienone is 1. The Balaban J connectivity index is 2.52. The van der Waals surface area contributed by atoms with Crippen molar-refractivity contribution in [3.05, 3.63) is 40.7 Å². The monoisotopic (exact) mass is 241 g/mol. The fourth-order valence-corrected chi connectivity index (χ4v) is 2.66. The van der Waals surface area contributed by atoms with Crippen LogP contribution in [-0.4, -0.2) is 18.1 Å². The molecule has 1 aromatic rings. The largest absolute Gasteiger partial charge is 0.344 e. The van der Waals surface area contributed by atoms with Gasteiger partial charge in [0, 0.05) is 18.9 Å². The van der Waals surface area contributed by atoms with Gasteiger partial charge in [-0.3, -0.25) is 0 Å². The molecule has 0 saturated heterocycles. The van der Waals surface area contributed by atoms with Gasteiger partial charge in [-0.2, -0.15) is 5.26 Å². The highest BCUT2D eigenvalue weighted by Gasteiger charge is 2.28. The van der Waals surface area contributed by atoms with Crippen LogP contribution in [0.4, 0.5) is 5.69 Å². The lowest BCUT2D eigenvalue weighted by Gasteiger charge is -2.30. The number of hydrogen-bond acceptors (Lipinski definition) is 3. The van der Waals surface area contributed by atoms with E-state index in [1.54, 1.807) is 0 Å². The average molecular weight is 241 g/mol. The first kappa shape index (κ1) is 12.5. The summed E-state index contributed by atoms with van der Waals surface area (Å²) in [6.45, 7) is 8.47. The summed E-state index contributed by atoms with van der Waals surface area (Å²) in [5.41, 5.74) is 5.71. The average Bonchev–Trinajstić information content (AvgIpc) is 2.56. The van der Waals surface area contributed by atoms with Crippen molar-refractivity contribution in [2.24, 2.45) is 0 Å². The van der Waals surface area contributed by atoms with Gasteiger partial charge in [-0.1, -0.05) is 17.7 Å². The fourth-order valence-electron chi connectivity index (χ4n) is 2.66. The Labute approximate surface area is 109 Å². The summed E-state index contributed by atoms with van der Waals surface area (Å²) in [5.74, 6) is 0. The van der Waals surface area contributed by atoms with E-state index in [1.165, 1.54) is 22.4 Å². The Morgan fingerprint density at radius 3 is 2.17 bits per heavy atom. The van der Waals surface area contributed by atoms with Gasteiger partial charge in [-0.25, -0.2) is 0 Å². The second kappa shape index (κ2) is 4.38. The highest BCUT2D eigenvalue weighted by Crippen LogP contribution is 2.33. The molecule has 3 heteroatoms. The third-order valence-electron chi connectivity index (χ3n) is 3.61. The summed E-state index contributed by atoms with van der Waals surface area (Å²) in [4.78, 5) is 4.18. The molecule has 94 valence electrons. The van der Waals surface area contributed by atoms with Crippen molar-refractivity contribution in [1.29, 1.82) is 5.26 Å². The molecule has 0 amide bonds. The van der Waals surface area contributed by atoms with Crippen LogP contribution in [0.5, 0.6) is 0 Å². The van der Waals surface area contributed by atoms with Crippen LogP contribution >= 0.6 is 0 Å². The van der Waals surface area contributed by atoms with Crippen molar-refractivity contribution in [2.75, 3.05) is 11.9 Å². The van der Waals surface area contributed by atoms with Crippen molar-refractivity contribution in [3.8, 4) is 6.07 Å². The Hall–Kier alpha value is -1.95. The number of anilines is 1. The molecular weight excluding hydrogens is 222 g/mol. The van der Waals surface area contributed by atoms with Gasteiger partial charge in [0.1, 0.15) is 17.9 Å². The molecule has 1 aliphatic rings. The first-order valence-corrected chi connectivity index (χ1v) is 6.16. The minimum Gasteiger partial charge on any atom is -0.344 e. The molecular formula is C15H19N3. The SMILES string of the molecule is Cc1cc(C)c(N2C=C(C#N)N(C)[C@@H]2C)c(C)c1. The van der Waals surface area contributed by atoms with Crippen LogP contribution in [-0.2, 0) is 0 Å². The number of nitriles is 1. The molecule has 0 spiro atoms. The summed E-state index contributed by atoms with van der Waals surface area (Å²) in [7, 11) is 1.96. The Kier molecular flexibility index (Phi) is 3.04. The van der Waals surface area contributed by atoms with Gasteiger partial charge in [0.15, 0.2) is 0 Å². The predicted molar refractivity (Wildman–Crippen MR) is 74.1 cm³/mol. The lowest BCUT2D eigenvalue weighted by Crippen LogP contribution is -2.35. The Morgan fingerprint density at radius 2 is 1.72 bits per heavy atom. The normalized spacial score (nSPS) is 18.9. The number of rotatable bonds is 1. The zero-order valence-electron chi connectivity index (χ0n) is 11.7. The third-order valence-corrected chi connectivity index (χ3v) is 3.61. The molecule has 0 aliphatic carbocycles. The standard InChI is InChI=1S/C15H19N3/c1-10-6-11(2)15(12(3)7-10)18-9-14(8-16)17(5)13(18)4/h6-7,9,13H,1-5H3/t13-/m0/s1. The van der Waals surface area contributed by atoms with Crippen LogP contribution < -0.4 is 4.90 Å². The third kappa shape index (κ3) is 1.84. The smallest absolute Gasteiger partial charge is 0.134 e. The molecule has 0 fully saturated rings. The summed E-state index contributed by atoms with van der Waals surface area (Å²) in [6.07, 6.45) is 2.12. The van der Waals surface area contributed by atoms with E-state index in [4.69, 9.17) is 5.26 Å². The van der Waals surface area contributed by atoms with Gasteiger partial charge in [-0.05, 0) is 38.8 Å². The lowest BCUT2D eigenvalue weighted by atomic mass is 10.0. The van der Waals surface area contributed by atoms with Crippen LogP contribution in [0.1, 0.15) is 23.6 Å². The molecule has 1 heterocycles. The van der Waals surface area contributed by atoms with Crippen LogP contribution in [0.3, 0.4) is 0 Å². The zero-order chi connectivity index (χ0) is 13.4. The molecule has 18 heavy (non-hydrogen) atoms. The minimum atomic E-state index is 0.180. The number of aryl methyl sites for hydroxylation is 3. The van der Waals surface area contributed by atoms with E-state index >= 15 is 0 Å². The van der Waals surface area contributed by atoms with E-state index in [1.807, 2.05) is 18.1 Å². The maximum atomic E-state index is 9.11. The summed E-state index contributed by atoms with van der Waals surface area (Å²) in [6, 6.07) is 6.62. The first-order chi connectivity index (χ1) is 8.45. The van der Waals surface area contributed by atoms with E-state index < -0.39 is 0 Å². The van der Waals surface area contributed by atoms with E-state index in [0.29, 0.717) is 5.70 Å². The van der Waals surface area contributed by atoms with E-state index in [0.717, 1.165) is 0 Å². The maximum Gasteiger partial charge on any atom is 0.134 e. The van der Waals surface area contributed by atoms with E-state index in [-0.39, 0.29) is 6.17 Å². The first-order valence-electron chi connectivity index (χ1n) is 6.16. The van der Waals surface area contributed by atoms with Crippen LogP contribution in [0.25, 0.3) is 0 Å². The summed E-state index contributed by atoms with van der Waals surface area (Å²) in [5, 5.41) is 9.11. The molecule has 3 nitrogen and oxygen atoms in total. The van der Waals surface area contributed by atoms with Gasteiger partial charge in [0.25, 0.3) is 0 Å². The highest BCUT2D eigenvalue weighted by molar-refractivity contribution is 5.64. The Morgan fingerprint density at radius 1 is 1.17 bits per heavy atom. The van der Waals surface area contributed by atoms with E-state index in [2.05, 4.69) is 50.8 Å². The molecule has 0 aromatic heterocycles. The molecule has 1 aliphatic heterocycles. The molecule has 0 saturated carbocycles. The predicted octanol–water partition coefficient (Wildman–Crippen LogP) is 3.07. The molecule has 0 radical (unpaired) electrons. The van der Waals surface area contributed by atoms with E-state index in [9.17, 15) is 0 Å². The zero-order valence-corrected chi connectivity index (χ0v) is 11.7. The van der Waals surface area contributed by atoms with Crippen LogP contribution in [0.15, 0.2) is 24.0 Å². The Bertz CT molecular complexity index is 528. The minimum absolute atomic E-state index is 0.180. The quantitative estimate of drug-likeness (QED) is 0.757. The summed E-state index contributed by atoms with van der Waals surface area (Å²) >= 11 is 0. The van der Waals surface area contributed by atoms with Gasteiger partial charge in [0.05, 0.1) is 0 Å².